The highest BCUT2D eigenvalue weighted by molar-refractivity contribution is 5.76. The molecule has 0 aromatic carbocycles. The second kappa shape index (κ2) is 6.54. The third kappa shape index (κ3) is 5.82. The Morgan fingerprint density at radius 3 is 2.67 bits per heavy atom. The summed E-state index contributed by atoms with van der Waals surface area (Å²) in [7, 11) is 1.96. The van der Waals surface area contributed by atoms with Crippen molar-refractivity contribution in [3.05, 3.63) is 18.2 Å². The van der Waals surface area contributed by atoms with E-state index in [1.165, 1.54) is 0 Å². The first-order valence-electron chi connectivity index (χ1n) is 6.36. The molecular weight excluding hydrogens is 228 g/mol. The average molecular weight is 252 g/mol. The van der Waals surface area contributed by atoms with E-state index >= 15 is 0 Å². The van der Waals surface area contributed by atoms with Gasteiger partial charge in [-0.3, -0.25) is 4.79 Å². The van der Waals surface area contributed by atoms with E-state index in [-0.39, 0.29) is 11.4 Å². The van der Waals surface area contributed by atoms with Crippen LogP contribution in [0, 0.1) is 0 Å². The molecule has 102 valence electrons. The number of hydrogen-bond acceptors (Lipinski definition) is 3. The van der Waals surface area contributed by atoms with Crippen molar-refractivity contribution < 1.29 is 4.79 Å². The van der Waals surface area contributed by atoms with Gasteiger partial charge in [-0.1, -0.05) is 0 Å². The first-order chi connectivity index (χ1) is 8.38. The van der Waals surface area contributed by atoms with Crippen LogP contribution in [0.3, 0.4) is 0 Å². The largest absolute Gasteiger partial charge is 0.356 e. The Bertz CT molecular complexity index is 379. The number of imidazole rings is 1. The van der Waals surface area contributed by atoms with Crippen LogP contribution in [-0.4, -0.2) is 34.1 Å². The molecule has 1 aromatic heterocycles. The second-order valence-electron chi connectivity index (χ2n) is 5.48. The number of amides is 1. The number of aryl methyl sites for hydroxylation is 1. The van der Waals surface area contributed by atoms with Gasteiger partial charge in [0.1, 0.15) is 5.82 Å². The van der Waals surface area contributed by atoms with E-state index in [1.807, 2.05) is 17.8 Å². The summed E-state index contributed by atoms with van der Waals surface area (Å²) in [5.41, 5.74) is 0.0627. The Hall–Kier alpha value is -1.36. The molecule has 0 aliphatic heterocycles. The Morgan fingerprint density at radius 2 is 2.11 bits per heavy atom. The fourth-order valence-corrected chi connectivity index (χ4v) is 1.59. The third-order valence-corrected chi connectivity index (χ3v) is 2.60. The Kier molecular flexibility index (Phi) is 5.34. The van der Waals surface area contributed by atoms with Crippen molar-refractivity contribution in [3.8, 4) is 0 Å². The van der Waals surface area contributed by atoms with Crippen molar-refractivity contribution in [2.45, 2.75) is 39.2 Å². The van der Waals surface area contributed by atoms with E-state index in [1.54, 1.807) is 6.20 Å². The summed E-state index contributed by atoms with van der Waals surface area (Å²) in [6, 6.07) is 0. The molecule has 0 atom stereocenters. The summed E-state index contributed by atoms with van der Waals surface area (Å²) in [5, 5.41) is 6.19. The maximum Gasteiger partial charge on any atom is 0.221 e. The molecule has 18 heavy (non-hydrogen) atoms. The van der Waals surface area contributed by atoms with Gasteiger partial charge in [-0.05, 0) is 20.8 Å². The molecule has 1 amide bonds. The first kappa shape index (κ1) is 14.7. The molecule has 0 saturated heterocycles. The number of hydrogen-bond donors (Lipinski definition) is 2. The molecule has 0 aliphatic carbocycles. The molecule has 2 N–H and O–H groups in total. The zero-order chi connectivity index (χ0) is 13.6. The molecule has 1 aromatic rings. The van der Waals surface area contributed by atoms with Crippen LogP contribution in [0.1, 0.15) is 33.0 Å². The van der Waals surface area contributed by atoms with E-state index in [0.717, 1.165) is 12.2 Å². The monoisotopic (exact) mass is 252 g/mol. The number of aromatic nitrogens is 2. The third-order valence-electron chi connectivity index (χ3n) is 2.60. The summed E-state index contributed by atoms with van der Waals surface area (Å²) >= 11 is 0. The molecule has 0 spiro atoms. The number of carbonyl (C=O) groups is 1. The fraction of sp³-hybridized carbons (Fsp3) is 0.692. The standard InChI is InChI=1S/C13H24N4O/c1-13(2,3)16-8-6-12(18)15-7-5-11-14-9-10-17(11)4/h9-10,16H,5-8H2,1-4H3,(H,15,18). The lowest BCUT2D eigenvalue weighted by Crippen LogP contribution is -2.38. The Labute approximate surface area is 109 Å². The van der Waals surface area contributed by atoms with Crippen LogP contribution in [0.4, 0.5) is 0 Å². The summed E-state index contributed by atoms with van der Waals surface area (Å²) in [5.74, 6) is 1.07. The van der Waals surface area contributed by atoms with E-state index in [4.69, 9.17) is 0 Å². The van der Waals surface area contributed by atoms with Crippen molar-refractivity contribution >= 4 is 5.91 Å². The molecule has 0 bridgehead atoms. The SMILES string of the molecule is Cn1ccnc1CCNC(=O)CCNC(C)(C)C. The van der Waals surface area contributed by atoms with Crippen molar-refractivity contribution in [1.82, 2.24) is 20.2 Å². The first-order valence-corrected chi connectivity index (χ1v) is 6.36. The van der Waals surface area contributed by atoms with Gasteiger partial charge < -0.3 is 15.2 Å². The van der Waals surface area contributed by atoms with Crippen molar-refractivity contribution in [1.29, 1.82) is 0 Å². The Balaban J connectivity index is 2.12. The maximum atomic E-state index is 11.6. The van der Waals surface area contributed by atoms with Crippen LogP contribution in [0.5, 0.6) is 0 Å². The molecule has 1 heterocycles. The molecule has 0 fully saturated rings. The number of carbonyl (C=O) groups excluding carboxylic acids is 1. The summed E-state index contributed by atoms with van der Waals surface area (Å²) in [4.78, 5) is 15.8. The predicted octanol–water partition coefficient (Wildman–Crippen LogP) is 0.857. The van der Waals surface area contributed by atoms with Gasteiger partial charge in [0.05, 0.1) is 0 Å². The van der Waals surface area contributed by atoms with E-state index < -0.39 is 0 Å². The van der Waals surface area contributed by atoms with Gasteiger partial charge in [-0.2, -0.15) is 0 Å². The molecule has 0 saturated carbocycles. The van der Waals surface area contributed by atoms with Crippen LogP contribution >= 0.6 is 0 Å². The van der Waals surface area contributed by atoms with Crippen molar-refractivity contribution in [3.63, 3.8) is 0 Å². The highest BCUT2D eigenvalue weighted by Crippen LogP contribution is 1.98. The highest BCUT2D eigenvalue weighted by atomic mass is 16.1. The zero-order valence-electron chi connectivity index (χ0n) is 11.8. The average Bonchev–Trinajstić information content (AvgIpc) is 2.62. The molecule has 0 unspecified atom stereocenters. The van der Waals surface area contributed by atoms with Crippen LogP contribution in [0.25, 0.3) is 0 Å². The van der Waals surface area contributed by atoms with E-state index in [2.05, 4.69) is 36.4 Å². The topological polar surface area (TPSA) is 59.0 Å². The molecule has 5 nitrogen and oxygen atoms in total. The lowest BCUT2D eigenvalue weighted by atomic mass is 10.1. The maximum absolute atomic E-state index is 11.6. The Morgan fingerprint density at radius 1 is 1.39 bits per heavy atom. The van der Waals surface area contributed by atoms with Gasteiger partial charge in [0.15, 0.2) is 0 Å². The van der Waals surface area contributed by atoms with Crippen LogP contribution in [-0.2, 0) is 18.3 Å². The number of nitrogens with zero attached hydrogens (tertiary/aromatic N) is 2. The van der Waals surface area contributed by atoms with Gasteiger partial charge in [0.2, 0.25) is 5.91 Å². The van der Waals surface area contributed by atoms with Crippen LogP contribution < -0.4 is 10.6 Å². The second-order valence-corrected chi connectivity index (χ2v) is 5.48. The van der Waals surface area contributed by atoms with Gasteiger partial charge in [0.25, 0.3) is 0 Å². The molecular formula is C13H24N4O. The van der Waals surface area contributed by atoms with Crippen LogP contribution in [0.2, 0.25) is 0 Å². The molecule has 0 aliphatic rings. The number of rotatable bonds is 6. The number of nitrogens with one attached hydrogen (secondary N) is 2. The molecule has 0 radical (unpaired) electrons. The predicted molar refractivity (Wildman–Crippen MR) is 72.3 cm³/mol. The van der Waals surface area contributed by atoms with Crippen molar-refractivity contribution in [2.24, 2.45) is 7.05 Å². The van der Waals surface area contributed by atoms with Gasteiger partial charge in [-0.25, -0.2) is 4.98 Å². The lowest BCUT2D eigenvalue weighted by molar-refractivity contribution is -0.121. The normalized spacial score (nSPS) is 11.6. The van der Waals surface area contributed by atoms with Crippen LogP contribution in [0.15, 0.2) is 12.4 Å². The summed E-state index contributed by atoms with van der Waals surface area (Å²) in [6.45, 7) is 7.61. The summed E-state index contributed by atoms with van der Waals surface area (Å²) in [6.07, 6.45) is 4.95. The fourth-order valence-electron chi connectivity index (χ4n) is 1.59. The molecule has 5 heteroatoms. The zero-order valence-corrected chi connectivity index (χ0v) is 11.8. The van der Waals surface area contributed by atoms with Crippen molar-refractivity contribution in [2.75, 3.05) is 13.1 Å². The van der Waals surface area contributed by atoms with Gasteiger partial charge in [-0.15, -0.1) is 0 Å². The molecule has 1 rings (SSSR count). The van der Waals surface area contributed by atoms with Gasteiger partial charge >= 0.3 is 0 Å². The highest BCUT2D eigenvalue weighted by Gasteiger charge is 2.09. The smallest absolute Gasteiger partial charge is 0.221 e. The van der Waals surface area contributed by atoms with E-state index in [0.29, 0.717) is 19.5 Å². The van der Waals surface area contributed by atoms with Gasteiger partial charge in [0, 0.05) is 50.9 Å². The van der Waals surface area contributed by atoms with E-state index in [9.17, 15) is 4.79 Å². The lowest BCUT2D eigenvalue weighted by Gasteiger charge is -2.20. The summed E-state index contributed by atoms with van der Waals surface area (Å²) < 4.78 is 1.97. The minimum Gasteiger partial charge on any atom is -0.356 e. The minimum absolute atomic E-state index is 0.0627. The quantitative estimate of drug-likeness (QED) is 0.789. The minimum atomic E-state index is 0.0627.